The summed E-state index contributed by atoms with van der Waals surface area (Å²) in [6.07, 6.45) is 2.95. The van der Waals surface area contributed by atoms with Crippen molar-refractivity contribution in [3.63, 3.8) is 0 Å². The number of piperidine rings is 1. The van der Waals surface area contributed by atoms with Gasteiger partial charge in [-0.2, -0.15) is 10.4 Å². The Balaban J connectivity index is 1.67. The Morgan fingerprint density at radius 1 is 1.29 bits per heavy atom. The zero-order valence-corrected chi connectivity index (χ0v) is 14.0. The molecule has 24 heavy (non-hydrogen) atoms. The van der Waals surface area contributed by atoms with Crippen molar-refractivity contribution in [1.82, 2.24) is 14.7 Å². The minimum absolute atomic E-state index is 0.134. The quantitative estimate of drug-likeness (QED) is 0.923. The van der Waals surface area contributed by atoms with Gasteiger partial charge in [0.2, 0.25) is 0 Å². The number of rotatable bonds is 2. The molecule has 6 nitrogen and oxygen atoms in total. The summed E-state index contributed by atoms with van der Waals surface area (Å²) < 4.78 is 1.72. The first kappa shape index (κ1) is 16.1. The van der Waals surface area contributed by atoms with Crippen molar-refractivity contribution < 1.29 is 4.79 Å². The van der Waals surface area contributed by atoms with Gasteiger partial charge in [-0.05, 0) is 25.3 Å². The lowest BCUT2D eigenvalue weighted by molar-refractivity contribution is 0.183. The summed E-state index contributed by atoms with van der Waals surface area (Å²) >= 11 is 0. The number of hydrogen-bond acceptors (Lipinski definition) is 3. The molecule has 0 unspecified atom stereocenters. The molecule has 6 heteroatoms. The van der Waals surface area contributed by atoms with Crippen LogP contribution in [0.2, 0.25) is 0 Å². The van der Waals surface area contributed by atoms with E-state index in [1.165, 1.54) is 0 Å². The number of nitrogens with zero attached hydrogens (tertiary/aromatic N) is 4. The number of urea groups is 1. The van der Waals surface area contributed by atoms with Crippen LogP contribution in [-0.4, -0.2) is 33.8 Å². The fourth-order valence-corrected chi connectivity index (χ4v) is 3.13. The minimum atomic E-state index is -0.498. The Morgan fingerprint density at radius 3 is 2.50 bits per heavy atom. The molecule has 0 atom stereocenters. The number of carbonyl (C=O) groups is 1. The van der Waals surface area contributed by atoms with Gasteiger partial charge in [-0.15, -0.1) is 0 Å². The zero-order chi connectivity index (χ0) is 17.2. The number of amides is 2. The molecule has 1 saturated heterocycles. The van der Waals surface area contributed by atoms with E-state index < -0.39 is 5.41 Å². The number of likely N-dealkylation sites (tertiary alicyclic amines) is 1. The lowest BCUT2D eigenvalue weighted by atomic mass is 9.74. The second kappa shape index (κ2) is 6.36. The first-order chi connectivity index (χ1) is 11.6. The topological polar surface area (TPSA) is 74.0 Å². The maximum Gasteiger partial charge on any atom is 0.321 e. The van der Waals surface area contributed by atoms with Crippen molar-refractivity contribution in [2.24, 2.45) is 7.05 Å². The molecule has 0 saturated carbocycles. The van der Waals surface area contributed by atoms with Crippen molar-refractivity contribution >= 4 is 11.7 Å². The van der Waals surface area contributed by atoms with Crippen molar-refractivity contribution in [3.8, 4) is 6.07 Å². The average molecular weight is 323 g/mol. The Morgan fingerprint density at radius 2 is 1.96 bits per heavy atom. The van der Waals surface area contributed by atoms with Crippen LogP contribution in [-0.2, 0) is 12.5 Å². The summed E-state index contributed by atoms with van der Waals surface area (Å²) in [4.78, 5) is 14.2. The van der Waals surface area contributed by atoms with E-state index in [-0.39, 0.29) is 6.03 Å². The molecule has 0 spiro atoms. The fourth-order valence-electron chi connectivity index (χ4n) is 3.13. The summed E-state index contributed by atoms with van der Waals surface area (Å²) in [5.41, 5.74) is 2.18. The minimum Gasteiger partial charge on any atom is -0.324 e. The molecule has 1 aromatic carbocycles. The van der Waals surface area contributed by atoms with Crippen LogP contribution in [0.1, 0.15) is 24.1 Å². The van der Waals surface area contributed by atoms with E-state index in [1.54, 1.807) is 15.8 Å². The predicted molar refractivity (Wildman–Crippen MR) is 91.5 cm³/mol. The number of benzene rings is 1. The van der Waals surface area contributed by atoms with Gasteiger partial charge < -0.3 is 10.2 Å². The predicted octanol–water partition coefficient (Wildman–Crippen LogP) is 2.82. The third kappa shape index (κ3) is 2.85. The van der Waals surface area contributed by atoms with Crippen LogP contribution < -0.4 is 5.32 Å². The number of hydrogen-bond donors (Lipinski definition) is 1. The molecule has 2 heterocycles. The Hall–Kier alpha value is -2.81. The number of aromatic nitrogens is 2. The lowest BCUT2D eigenvalue weighted by Gasteiger charge is -2.37. The summed E-state index contributed by atoms with van der Waals surface area (Å²) in [7, 11) is 1.84. The molecule has 2 aromatic rings. The van der Waals surface area contributed by atoms with E-state index in [4.69, 9.17) is 0 Å². The van der Waals surface area contributed by atoms with Crippen LogP contribution in [0.25, 0.3) is 0 Å². The van der Waals surface area contributed by atoms with Crippen LogP contribution >= 0.6 is 0 Å². The highest BCUT2D eigenvalue weighted by atomic mass is 16.2. The van der Waals surface area contributed by atoms with Crippen LogP contribution in [0.4, 0.5) is 10.5 Å². The van der Waals surface area contributed by atoms with Gasteiger partial charge in [0.25, 0.3) is 0 Å². The van der Waals surface area contributed by atoms with Gasteiger partial charge in [-0.25, -0.2) is 4.79 Å². The van der Waals surface area contributed by atoms with Gasteiger partial charge in [0.15, 0.2) is 0 Å². The molecular formula is C18H21N5O. The molecule has 1 aliphatic heterocycles. The lowest BCUT2D eigenvalue weighted by Crippen LogP contribution is -2.46. The van der Waals surface area contributed by atoms with Crippen LogP contribution in [0.15, 0.2) is 36.5 Å². The SMILES string of the molecule is Cc1c(NC(=O)N2CCC(C#N)(c3ccccc3)CC2)cnn1C. The molecule has 1 fully saturated rings. The second-order valence-electron chi connectivity index (χ2n) is 6.24. The van der Waals surface area contributed by atoms with Crippen molar-refractivity contribution in [3.05, 3.63) is 47.8 Å². The third-order valence-corrected chi connectivity index (χ3v) is 4.92. The standard InChI is InChI=1S/C18H21N5O/c1-14-16(12-20-22(14)2)21-17(24)23-10-8-18(13-19,9-11-23)15-6-4-3-5-7-15/h3-7,12H,8-11H2,1-2H3,(H,21,24). The number of aryl methyl sites for hydroxylation is 1. The highest BCUT2D eigenvalue weighted by Crippen LogP contribution is 2.35. The maximum atomic E-state index is 12.5. The summed E-state index contributed by atoms with van der Waals surface area (Å²) in [6.45, 7) is 3.04. The largest absolute Gasteiger partial charge is 0.324 e. The number of nitriles is 1. The zero-order valence-electron chi connectivity index (χ0n) is 14.0. The van der Waals surface area contributed by atoms with Gasteiger partial charge in [-0.1, -0.05) is 30.3 Å². The van der Waals surface area contributed by atoms with Gasteiger partial charge in [0, 0.05) is 20.1 Å². The van der Waals surface area contributed by atoms with E-state index >= 15 is 0 Å². The summed E-state index contributed by atoms with van der Waals surface area (Å²) in [6, 6.07) is 12.2. The first-order valence-corrected chi connectivity index (χ1v) is 8.07. The number of nitrogens with one attached hydrogen (secondary N) is 1. The molecule has 124 valence electrons. The van der Waals surface area contributed by atoms with Gasteiger partial charge in [0.05, 0.1) is 29.1 Å². The van der Waals surface area contributed by atoms with E-state index in [1.807, 2.05) is 44.3 Å². The van der Waals surface area contributed by atoms with Crippen LogP contribution in [0.5, 0.6) is 0 Å². The molecule has 3 rings (SSSR count). The van der Waals surface area contributed by atoms with E-state index in [0.717, 1.165) is 16.9 Å². The number of anilines is 1. The Labute approximate surface area is 141 Å². The molecule has 0 bridgehead atoms. The first-order valence-electron chi connectivity index (χ1n) is 8.07. The molecule has 1 aromatic heterocycles. The maximum absolute atomic E-state index is 12.5. The van der Waals surface area contributed by atoms with Gasteiger partial charge in [0.1, 0.15) is 0 Å². The molecule has 0 radical (unpaired) electrons. The fraction of sp³-hybridized carbons (Fsp3) is 0.389. The number of carbonyl (C=O) groups excluding carboxylic acids is 1. The molecule has 2 amide bonds. The van der Waals surface area contributed by atoms with Gasteiger partial charge >= 0.3 is 6.03 Å². The van der Waals surface area contributed by atoms with Crippen molar-refractivity contribution in [2.75, 3.05) is 18.4 Å². The van der Waals surface area contributed by atoms with Crippen molar-refractivity contribution in [2.45, 2.75) is 25.2 Å². The smallest absolute Gasteiger partial charge is 0.321 e. The average Bonchev–Trinajstić information content (AvgIpc) is 2.94. The second-order valence-corrected chi connectivity index (χ2v) is 6.24. The normalized spacial score (nSPS) is 16.5. The molecule has 1 N–H and O–H groups in total. The summed E-state index contributed by atoms with van der Waals surface area (Å²) in [5, 5.41) is 16.8. The monoisotopic (exact) mass is 323 g/mol. The van der Waals surface area contributed by atoms with Crippen LogP contribution in [0.3, 0.4) is 0 Å². The molecular weight excluding hydrogens is 302 g/mol. The Bertz CT molecular complexity index is 766. The highest BCUT2D eigenvalue weighted by Gasteiger charge is 2.37. The third-order valence-electron chi connectivity index (χ3n) is 4.92. The Kier molecular flexibility index (Phi) is 4.26. The van der Waals surface area contributed by atoms with E-state index in [2.05, 4.69) is 16.5 Å². The highest BCUT2D eigenvalue weighted by molar-refractivity contribution is 5.89. The molecule has 1 aliphatic rings. The van der Waals surface area contributed by atoms with Gasteiger partial charge in [-0.3, -0.25) is 4.68 Å². The van der Waals surface area contributed by atoms with E-state index in [0.29, 0.717) is 25.9 Å². The molecule has 0 aliphatic carbocycles. The van der Waals surface area contributed by atoms with Crippen LogP contribution in [0, 0.1) is 18.3 Å². The summed E-state index contributed by atoms with van der Waals surface area (Å²) in [5.74, 6) is 0. The van der Waals surface area contributed by atoms with Crippen molar-refractivity contribution in [1.29, 1.82) is 5.26 Å². The van der Waals surface area contributed by atoms with E-state index in [9.17, 15) is 10.1 Å².